The van der Waals surface area contributed by atoms with Gasteiger partial charge in [0, 0.05) is 55.4 Å². The Morgan fingerprint density at radius 2 is 1.96 bits per heavy atom. The zero-order valence-corrected chi connectivity index (χ0v) is 15.4. The zero-order chi connectivity index (χ0) is 18.3. The molecule has 1 aliphatic rings. The molecule has 4 rings (SSSR count). The second-order valence-electron chi connectivity index (χ2n) is 7.36. The molecular weight excluding hydrogens is 326 g/mol. The number of hydrogen-bond acceptors (Lipinski definition) is 4. The Morgan fingerprint density at radius 3 is 2.54 bits per heavy atom. The van der Waals surface area contributed by atoms with Crippen molar-refractivity contribution in [2.75, 3.05) is 0 Å². The molecule has 1 fully saturated rings. The van der Waals surface area contributed by atoms with Crippen molar-refractivity contribution in [2.45, 2.75) is 33.2 Å². The van der Waals surface area contributed by atoms with Crippen molar-refractivity contribution in [3.05, 3.63) is 42.6 Å². The maximum absolute atomic E-state index is 12.6. The van der Waals surface area contributed by atoms with E-state index in [1.165, 1.54) is 12.8 Å². The lowest BCUT2D eigenvalue weighted by Gasteiger charge is -2.09. The van der Waals surface area contributed by atoms with Crippen LogP contribution in [-0.4, -0.2) is 30.1 Å². The number of rotatable bonds is 6. The Morgan fingerprint density at radius 1 is 1.23 bits per heavy atom. The third-order valence-electron chi connectivity index (χ3n) is 4.86. The van der Waals surface area contributed by atoms with Crippen LogP contribution in [0.3, 0.4) is 0 Å². The first-order valence-electron chi connectivity index (χ1n) is 9.08. The summed E-state index contributed by atoms with van der Waals surface area (Å²) in [6, 6.07) is 3.87. The topological polar surface area (TPSA) is 65.6 Å². The van der Waals surface area contributed by atoms with Gasteiger partial charge in [0.1, 0.15) is 5.69 Å². The van der Waals surface area contributed by atoms with Gasteiger partial charge in [-0.25, -0.2) is 9.97 Å². The van der Waals surface area contributed by atoms with Crippen LogP contribution in [0, 0.1) is 11.8 Å². The Labute approximate surface area is 152 Å². The van der Waals surface area contributed by atoms with Gasteiger partial charge in [-0.15, -0.1) is 0 Å². The maximum atomic E-state index is 12.6. The van der Waals surface area contributed by atoms with Crippen molar-refractivity contribution in [3.63, 3.8) is 0 Å². The van der Waals surface area contributed by atoms with Crippen molar-refractivity contribution in [1.82, 2.24) is 24.3 Å². The Balaban J connectivity index is 1.66. The second kappa shape index (κ2) is 6.52. The predicted molar refractivity (Wildman–Crippen MR) is 99.6 cm³/mol. The van der Waals surface area contributed by atoms with Gasteiger partial charge >= 0.3 is 0 Å². The molecule has 0 spiro atoms. The lowest BCUT2D eigenvalue weighted by atomic mass is 10.1. The molecule has 134 valence electrons. The number of carbonyl (C=O) groups is 1. The molecule has 0 N–H and O–H groups in total. The minimum atomic E-state index is -0.0147. The van der Waals surface area contributed by atoms with Crippen LogP contribution in [0.2, 0.25) is 0 Å². The van der Waals surface area contributed by atoms with Crippen LogP contribution in [-0.2, 0) is 13.6 Å². The van der Waals surface area contributed by atoms with Gasteiger partial charge in [-0.3, -0.25) is 9.48 Å². The van der Waals surface area contributed by atoms with Crippen molar-refractivity contribution in [3.8, 4) is 22.6 Å². The quantitative estimate of drug-likeness (QED) is 0.638. The molecule has 6 nitrogen and oxygen atoms in total. The average Bonchev–Trinajstić information content (AvgIpc) is 3.18. The van der Waals surface area contributed by atoms with E-state index < -0.39 is 0 Å². The Kier molecular flexibility index (Phi) is 4.18. The molecule has 0 aliphatic heterocycles. The minimum absolute atomic E-state index is 0.0147. The molecule has 3 aromatic heterocycles. The molecule has 0 aromatic carbocycles. The van der Waals surface area contributed by atoms with E-state index in [2.05, 4.69) is 25.8 Å². The predicted octanol–water partition coefficient (Wildman–Crippen LogP) is 3.59. The molecule has 1 saturated carbocycles. The molecule has 3 heterocycles. The number of ketones is 1. The summed E-state index contributed by atoms with van der Waals surface area (Å²) < 4.78 is 3.87. The van der Waals surface area contributed by atoms with Gasteiger partial charge < -0.3 is 4.57 Å². The summed E-state index contributed by atoms with van der Waals surface area (Å²) in [5.74, 6) is 1.52. The van der Waals surface area contributed by atoms with E-state index in [0.717, 1.165) is 29.1 Å². The fourth-order valence-electron chi connectivity index (χ4n) is 3.10. The zero-order valence-electron chi connectivity index (χ0n) is 15.4. The van der Waals surface area contributed by atoms with E-state index in [1.54, 1.807) is 10.9 Å². The SMILES string of the molecule is CC(C)C(=O)c1cc(-c2cnc(-c3ccnn3C)nc2)cn1CC1CC1. The van der Waals surface area contributed by atoms with Gasteiger partial charge in [-0.1, -0.05) is 13.8 Å². The third-order valence-corrected chi connectivity index (χ3v) is 4.86. The third kappa shape index (κ3) is 3.19. The fraction of sp³-hybridized carbons (Fsp3) is 0.400. The first-order valence-corrected chi connectivity index (χ1v) is 9.08. The molecule has 6 heteroatoms. The van der Waals surface area contributed by atoms with Crippen LogP contribution >= 0.6 is 0 Å². The highest BCUT2D eigenvalue weighted by molar-refractivity contribution is 5.97. The lowest BCUT2D eigenvalue weighted by molar-refractivity contribution is 0.0929. The standard InChI is InChI=1S/C20H23N5O/c1-13(2)19(26)18-8-15(12-25(18)11-14-4-5-14)16-9-21-20(22-10-16)17-6-7-23-24(17)3/h6-10,12-14H,4-5,11H2,1-3H3. The van der Waals surface area contributed by atoms with Gasteiger partial charge in [0.15, 0.2) is 11.6 Å². The smallest absolute Gasteiger partial charge is 0.181 e. The minimum Gasteiger partial charge on any atom is -0.344 e. The normalized spacial score (nSPS) is 14.2. The van der Waals surface area contributed by atoms with E-state index in [0.29, 0.717) is 11.7 Å². The average molecular weight is 349 g/mol. The summed E-state index contributed by atoms with van der Waals surface area (Å²) >= 11 is 0. The summed E-state index contributed by atoms with van der Waals surface area (Å²) in [6.07, 6.45) is 9.94. The number of aromatic nitrogens is 5. The first-order chi connectivity index (χ1) is 12.5. The van der Waals surface area contributed by atoms with Crippen molar-refractivity contribution >= 4 is 5.78 Å². The Hall–Kier alpha value is -2.76. The molecule has 0 saturated heterocycles. The van der Waals surface area contributed by atoms with E-state index in [9.17, 15) is 4.79 Å². The summed E-state index contributed by atoms with van der Waals surface area (Å²) in [5, 5.41) is 4.15. The highest BCUT2D eigenvalue weighted by Crippen LogP contribution is 2.33. The van der Waals surface area contributed by atoms with E-state index in [1.807, 2.05) is 45.4 Å². The molecule has 3 aromatic rings. The van der Waals surface area contributed by atoms with Crippen molar-refractivity contribution < 1.29 is 4.79 Å². The van der Waals surface area contributed by atoms with Crippen molar-refractivity contribution in [1.29, 1.82) is 0 Å². The lowest BCUT2D eigenvalue weighted by Crippen LogP contribution is -2.14. The van der Waals surface area contributed by atoms with E-state index in [4.69, 9.17) is 0 Å². The van der Waals surface area contributed by atoms with Gasteiger partial charge in [-0.05, 0) is 30.9 Å². The number of aryl methyl sites for hydroxylation is 1. The van der Waals surface area contributed by atoms with Crippen LogP contribution in [0.1, 0.15) is 37.2 Å². The number of Topliss-reactive ketones (excluding diaryl/α,β-unsaturated/α-hetero) is 1. The Bertz CT molecular complexity index is 932. The molecule has 0 atom stereocenters. The maximum Gasteiger partial charge on any atom is 0.181 e. The monoisotopic (exact) mass is 349 g/mol. The summed E-state index contributed by atoms with van der Waals surface area (Å²) in [4.78, 5) is 21.6. The number of carbonyl (C=O) groups excluding carboxylic acids is 1. The second-order valence-corrected chi connectivity index (χ2v) is 7.36. The largest absolute Gasteiger partial charge is 0.344 e. The highest BCUT2D eigenvalue weighted by atomic mass is 16.1. The molecule has 0 amide bonds. The van der Waals surface area contributed by atoms with Gasteiger partial charge in [0.2, 0.25) is 0 Å². The van der Waals surface area contributed by atoms with Crippen LogP contribution in [0.25, 0.3) is 22.6 Å². The van der Waals surface area contributed by atoms with Crippen LogP contribution < -0.4 is 0 Å². The molecule has 1 aliphatic carbocycles. The number of nitrogens with zero attached hydrogens (tertiary/aromatic N) is 5. The summed E-state index contributed by atoms with van der Waals surface area (Å²) in [6.45, 7) is 4.81. The molecule has 0 radical (unpaired) electrons. The summed E-state index contributed by atoms with van der Waals surface area (Å²) in [7, 11) is 1.87. The van der Waals surface area contributed by atoms with Gasteiger partial charge in [0.25, 0.3) is 0 Å². The van der Waals surface area contributed by atoms with Crippen molar-refractivity contribution in [2.24, 2.45) is 18.9 Å². The van der Waals surface area contributed by atoms with Gasteiger partial charge in [-0.2, -0.15) is 5.10 Å². The van der Waals surface area contributed by atoms with E-state index >= 15 is 0 Å². The van der Waals surface area contributed by atoms with Crippen LogP contribution in [0.4, 0.5) is 0 Å². The molecular formula is C20H23N5O. The number of hydrogen-bond donors (Lipinski definition) is 0. The first kappa shape index (κ1) is 16.7. The summed E-state index contributed by atoms with van der Waals surface area (Å²) in [5.41, 5.74) is 3.57. The van der Waals surface area contributed by atoms with Gasteiger partial charge in [0.05, 0.1) is 5.69 Å². The molecule has 0 unspecified atom stereocenters. The van der Waals surface area contributed by atoms with Crippen LogP contribution in [0.15, 0.2) is 36.9 Å². The highest BCUT2D eigenvalue weighted by Gasteiger charge is 2.25. The van der Waals surface area contributed by atoms with E-state index in [-0.39, 0.29) is 11.7 Å². The fourth-order valence-corrected chi connectivity index (χ4v) is 3.10. The van der Waals surface area contributed by atoms with Crippen LogP contribution in [0.5, 0.6) is 0 Å². The molecule has 0 bridgehead atoms. The molecule has 26 heavy (non-hydrogen) atoms.